The Morgan fingerprint density at radius 1 is 1.40 bits per heavy atom. The van der Waals surface area contributed by atoms with Crippen LogP contribution in [0.5, 0.6) is 5.75 Å². The summed E-state index contributed by atoms with van der Waals surface area (Å²) in [6, 6.07) is 6.01. The van der Waals surface area contributed by atoms with E-state index in [4.69, 9.17) is 4.74 Å². The van der Waals surface area contributed by atoms with Crippen molar-refractivity contribution in [1.82, 2.24) is 0 Å². The summed E-state index contributed by atoms with van der Waals surface area (Å²) < 4.78 is 6.60. The summed E-state index contributed by atoms with van der Waals surface area (Å²) in [4.78, 5) is 1.44. The minimum absolute atomic E-state index is 0.282. The molecule has 2 bridgehead atoms. The van der Waals surface area contributed by atoms with Gasteiger partial charge in [0.1, 0.15) is 17.6 Å². The Labute approximate surface area is 128 Å². The molecule has 1 aromatic rings. The maximum Gasteiger partial charge on any atom is 0.137 e. The van der Waals surface area contributed by atoms with Crippen LogP contribution in [0.4, 0.5) is 0 Å². The van der Waals surface area contributed by atoms with Gasteiger partial charge in [0, 0.05) is 29.3 Å². The van der Waals surface area contributed by atoms with Crippen LogP contribution in [0.2, 0.25) is 0 Å². The zero-order valence-electron chi connectivity index (χ0n) is 11.7. The molecule has 0 aromatic heterocycles. The summed E-state index contributed by atoms with van der Waals surface area (Å²) in [7, 11) is 0. The Kier molecular flexibility index (Phi) is 4.15. The highest BCUT2D eigenvalue weighted by molar-refractivity contribution is 9.10. The highest BCUT2D eigenvalue weighted by atomic mass is 79.9. The number of halogens is 1. The molecule has 0 aliphatic carbocycles. The third kappa shape index (κ3) is 2.65. The topological polar surface area (TPSA) is 33.9 Å². The fourth-order valence-electron chi connectivity index (χ4n) is 3.30. The predicted octanol–water partition coefficient (Wildman–Crippen LogP) is 1.86. The lowest BCUT2D eigenvalue weighted by Crippen LogP contribution is -3.14. The number of quaternary nitrogens is 1. The Morgan fingerprint density at radius 3 is 2.80 bits per heavy atom. The first kappa shape index (κ1) is 14.1. The van der Waals surface area contributed by atoms with Crippen LogP contribution in [-0.2, 0) is 0 Å². The van der Waals surface area contributed by atoms with Crippen molar-refractivity contribution in [2.75, 3.05) is 19.7 Å². The summed E-state index contributed by atoms with van der Waals surface area (Å²) in [6.45, 7) is 4.95. The molecule has 4 heteroatoms. The van der Waals surface area contributed by atoms with Gasteiger partial charge >= 0.3 is 0 Å². The number of aliphatic hydroxyl groups excluding tert-OH is 1. The van der Waals surface area contributed by atoms with Crippen LogP contribution >= 0.6 is 15.9 Å². The molecule has 0 amide bonds. The number of hydrogen-bond donors (Lipinski definition) is 2. The van der Waals surface area contributed by atoms with Crippen LogP contribution in [-0.4, -0.2) is 30.9 Å². The molecule has 3 aliphatic heterocycles. The van der Waals surface area contributed by atoms with Gasteiger partial charge in [0.25, 0.3) is 0 Å². The van der Waals surface area contributed by atoms with E-state index in [2.05, 4.69) is 22.0 Å². The van der Waals surface area contributed by atoms with Gasteiger partial charge in [-0.2, -0.15) is 0 Å². The quantitative estimate of drug-likeness (QED) is 0.882. The molecule has 4 rings (SSSR count). The zero-order valence-corrected chi connectivity index (χ0v) is 13.3. The summed E-state index contributed by atoms with van der Waals surface area (Å²) in [5.74, 6) is 1.33. The summed E-state index contributed by atoms with van der Waals surface area (Å²) in [5.41, 5.74) is 2.23. The number of ether oxygens (including phenoxy) is 1. The Bertz CT molecular complexity index is 517. The van der Waals surface area contributed by atoms with Crippen LogP contribution in [0.3, 0.4) is 0 Å². The van der Waals surface area contributed by atoms with Crippen molar-refractivity contribution in [1.29, 1.82) is 0 Å². The number of hydrogen-bond acceptors (Lipinski definition) is 2. The first-order chi connectivity index (χ1) is 9.69. The van der Waals surface area contributed by atoms with Crippen LogP contribution in [0, 0.1) is 5.92 Å². The second kappa shape index (κ2) is 5.88. The Hall–Kier alpha value is -0.840. The molecule has 0 radical (unpaired) electrons. The maximum atomic E-state index is 10.4. The van der Waals surface area contributed by atoms with E-state index in [1.165, 1.54) is 4.90 Å². The smallest absolute Gasteiger partial charge is 0.137 e. The first-order valence-electron chi connectivity index (χ1n) is 7.36. The average Bonchev–Trinajstić information content (AvgIpc) is 2.47. The van der Waals surface area contributed by atoms with Gasteiger partial charge in [-0.25, -0.2) is 0 Å². The van der Waals surface area contributed by atoms with Crippen LogP contribution in [0.1, 0.15) is 25.3 Å². The number of fused-ring (bicyclic) bond motifs is 3. The Morgan fingerprint density at radius 2 is 2.15 bits per heavy atom. The molecular weight excluding hydrogens is 318 g/mol. The van der Waals surface area contributed by atoms with Gasteiger partial charge in [-0.3, -0.25) is 0 Å². The van der Waals surface area contributed by atoms with E-state index < -0.39 is 0 Å². The molecule has 3 fully saturated rings. The van der Waals surface area contributed by atoms with Crippen LogP contribution < -0.4 is 9.64 Å². The van der Waals surface area contributed by atoms with Gasteiger partial charge in [0.2, 0.25) is 0 Å². The number of benzene rings is 1. The first-order valence-corrected chi connectivity index (χ1v) is 8.15. The molecule has 108 valence electrons. The molecule has 3 aliphatic rings. The van der Waals surface area contributed by atoms with Gasteiger partial charge in [0.05, 0.1) is 19.7 Å². The van der Waals surface area contributed by atoms with Gasteiger partial charge < -0.3 is 14.7 Å². The lowest BCUT2D eigenvalue weighted by molar-refractivity contribution is -0.880. The largest absolute Gasteiger partial charge is 0.494 e. The van der Waals surface area contributed by atoms with Crippen molar-refractivity contribution in [3.63, 3.8) is 0 Å². The minimum Gasteiger partial charge on any atom is -0.494 e. The van der Waals surface area contributed by atoms with Crippen molar-refractivity contribution < 1.29 is 14.7 Å². The fourth-order valence-corrected chi connectivity index (χ4v) is 3.66. The normalized spacial score (nSPS) is 30.8. The summed E-state index contributed by atoms with van der Waals surface area (Å²) in [6.07, 6.45) is 4.15. The molecule has 3 nitrogen and oxygen atoms in total. The second-order valence-electron chi connectivity index (χ2n) is 5.60. The van der Waals surface area contributed by atoms with Crippen LogP contribution in [0.15, 0.2) is 28.4 Å². The third-order valence-corrected chi connectivity index (χ3v) is 5.12. The summed E-state index contributed by atoms with van der Waals surface area (Å²) in [5, 5.41) is 10.4. The molecular formula is C16H21BrNO2+. The highest BCUT2D eigenvalue weighted by Crippen LogP contribution is 2.28. The average molecular weight is 339 g/mol. The van der Waals surface area contributed by atoms with Crippen molar-refractivity contribution in [2.45, 2.75) is 25.9 Å². The number of piperidine rings is 3. The lowest BCUT2D eigenvalue weighted by Gasteiger charge is -2.41. The number of nitrogens with one attached hydrogen (secondary N) is 1. The molecule has 20 heavy (non-hydrogen) atoms. The van der Waals surface area contributed by atoms with Crippen molar-refractivity contribution in [3.8, 4) is 5.75 Å². The van der Waals surface area contributed by atoms with E-state index in [0.717, 1.165) is 47.4 Å². The molecule has 0 saturated carbocycles. The fraction of sp³-hybridized carbons (Fsp3) is 0.500. The highest BCUT2D eigenvalue weighted by Gasteiger charge is 2.41. The molecule has 3 saturated heterocycles. The molecule has 1 aromatic carbocycles. The monoisotopic (exact) mass is 338 g/mol. The number of rotatable bonds is 3. The minimum atomic E-state index is -0.282. The Balaban J connectivity index is 1.93. The van der Waals surface area contributed by atoms with Gasteiger partial charge in [-0.1, -0.05) is 15.9 Å². The zero-order chi connectivity index (χ0) is 14.1. The summed E-state index contributed by atoms with van der Waals surface area (Å²) >= 11 is 3.59. The third-order valence-electron chi connectivity index (χ3n) is 4.40. The van der Waals surface area contributed by atoms with E-state index in [-0.39, 0.29) is 6.10 Å². The van der Waals surface area contributed by atoms with Crippen molar-refractivity contribution in [3.05, 3.63) is 33.9 Å². The standard InChI is InChI=1S/C16H20BrNO2/c1-2-20-13-3-4-14(17)12(9-13)10-15-16(19)11-5-7-18(15)8-6-11/h3-4,9-11,16,19H,2,5-8H2,1H3/p+1/b15-10-/t16-/m0/s1. The van der Waals surface area contributed by atoms with Crippen LogP contribution in [0.25, 0.3) is 6.08 Å². The predicted molar refractivity (Wildman–Crippen MR) is 82.7 cm³/mol. The molecule has 0 spiro atoms. The van der Waals surface area contributed by atoms with E-state index >= 15 is 0 Å². The molecule has 3 heterocycles. The molecule has 1 atom stereocenters. The van der Waals surface area contributed by atoms with Crippen molar-refractivity contribution in [2.24, 2.45) is 5.92 Å². The van der Waals surface area contributed by atoms with Crippen molar-refractivity contribution >= 4 is 22.0 Å². The van der Waals surface area contributed by atoms with E-state index in [1.54, 1.807) is 0 Å². The van der Waals surface area contributed by atoms with E-state index in [0.29, 0.717) is 12.5 Å². The SMILES string of the molecule is CCOc1ccc(Br)c(/C=C2/[C@@H](O)C3CC[NH+]2CC3)c1. The van der Waals surface area contributed by atoms with E-state index in [1.807, 2.05) is 25.1 Å². The second-order valence-corrected chi connectivity index (χ2v) is 6.46. The molecule has 0 unspecified atom stereocenters. The van der Waals surface area contributed by atoms with E-state index in [9.17, 15) is 5.11 Å². The van der Waals surface area contributed by atoms with Gasteiger partial charge in [-0.05, 0) is 30.7 Å². The maximum absolute atomic E-state index is 10.4. The number of aliphatic hydroxyl groups is 1. The lowest BCUT2D eigenvalue weighted by atomic mass is 9.83. The van der Waals surface area contributed by atoms with Gasteiger partial charge in [-0.15, -0.1) is 0 Å². The van der Waals surface area contributed by atoms with Gasteiger partial charge in [0.15, 0.2) is 0 Å². The molecule has 2 N–H and O–H groups in total.